The molecular formula is C24H30FN7O. The van der Waals surface area contributed by atoms with Gasteiger partial charge in [-0.2, -0.15) is 4.98 Å². The maximum absolute atomic E-state index is 13.6. The number of aromatic nitrogens is 2. The number of hydrogen-bond donors (Lipinski definition) is 3. The molecule has 0 saturated carbocycles. The van der Waals surface area contributed by atoms with E-state index in [4.69, 9.17) is 11.6 Å². The van der Waals surface area contributed by atoms with E-state index in [1.165, 1.54) is 29.4 Å². The lowest BCUT2D eigenvalue weighted by Gasteiger charge is -2.24. The third-order valence-corrected chi connectivity index (χ3v) is 4.50. The molecule has 0 radical (unpaired) electrons. The van der Waals surface area contributed by atoms with Gasteiger partial charge < -0.3 is 16.0 Å². The summed E-state index contributed by atoms with van der Waals surface area (Å²) in [6, 6.07) is 12.9. The molecule has 174 valence electrons. The summed E-state index contributed by atoms with van der Waals surface area (Å²) in [7, 11) is 1.72. The summed E-state index contributed by atoms with van der Waals surface area (Å²) >= 11 is 0. The second kappa shape index (κ2) is 12.2. The number of nitrogen functional groups attached to an aromatic ring is 1. The number of ketones is 1. The standard InChI is InChI=1S/C22H24FN7O.C2H6/c1-3-29(17-8-4-6-15(12-17)20(31)10-11-26-2)22-27-14-19(24)21(28-22)30(25)18-9-5-7-16(23)13-18;1-2/h4-14,26H,3,24-25H2,1-2H3;1-2H3/b11-10+;. The van der Waals surface area contributed by atoms with Gasteiger partial charge in [0.1, 0.15) is 5.82 Å². The van der Waals surface area contributed by atoms with Gasteiger partial charge in [-0.3, -0.25) is 9.80 Å². The lowest BCUT2D eigenvalue weighted by molar-refractivity contribution is 0.104. The Balaban J connectivity index is 0.00000187. The van der Waals surface area contributed by atoms with Crippen LogP contribution in [0.1, 0.15) is 31.1 Å². The number of anilines is 5. The number of nitrogens with zero attached hydrogens (tertiary/aromatic N) is 4. The van der Waals surface area contributed by atoms with Crippen molar-refractivity contribution >= 4 is 34.6 Å². The normalized spacial score (nSPS) is 10.4. The van der Waals surface area contributed by atoms with Crippen LogP contribution in [-0.2, 0) is 0 Å². The summed E-state index contributed by atoms with van der Waals surface area (Å²) < 4.78 is 13.6. The van der Waals surface area contributed by atoms with Crippen molar-refractivity contribution in [1.29, 1.82) is 0 Å². The molecule has 0 aliphatic carbocycles. The molecule has 0 atom stereocenters. The molecule has 1 heterocycles. The first-order valence-corrected chi connectivity index (χ1v) is 10.6. The molecule has 0 aliphatic heterocycles. The SMILES string of the molecule is CC.CCN(c1cccc(C(=O)/C=C/NC)c1)c1ncc(N)c(N(N)c2cccc(F)c2)n1. The zero-order valence-corrected chi connectivity index (χ0v) is 19.3. The molecule has 3 rings (SSSR count). The zero-order chi connectivity index (χ0) is 24.4. The molecule has 0 amide bonds. The number of benzene rings is 2. The molecule has 5 N–H and O–H groups in total. The molecule has 0 saturated heterocycles. The van der Waals surface area contributed by atoms with Crippen molar-refractivity contribution in [3.8, 4) is 0 Å². The number of allylic oxidation sites excluding steroid dienone is 1. The Morgan fingerprint density at radius 2 is 1.85 bits per heavy atom. The van der Waals surface area contributed by atoms with E-state index < -0.39 is 5.82 Å². The van der Waals surface area contributed by atoms with Gasteiger partial charge in [0.25, 0.3) is 0 Å². The largest absolute Gasteiger partial charge is 0.394 e. The summed E-state index contributed by atoms with van der Waals surface area (Å²) in [5, 5.41) is 4.01. The number of rotatable bonds is 8. The average Bonchev–Trinajstić information content (AvgIpc) is 2.85. The van der Waals surface area contributed by atoms with Crippen molar-refractivity contribution in [2.24, 2.45) is 5.84 Å². The van der Waals surface area contributed by atoms with Crippen LogP contribution in [0.2, 0.25) is 0 Å². The van der Waals surface area contributed by atoms with E-state index in [0.29, 0.717) is 23.7 Å². The van der Waals surface area contributed by atoms with Crippen LogP contribution in [0, 0.1) is 5.82 Å². The highest BCUT2D eigenvalue weighted by Gasteiger charge is 2.17. The number of halogens is 1. The number of carbonyl (C=O) groups is 1. The van der Waals surface area contributed by atoms with Crippen molar-refractivity contribution in [3.63, 3.8) is 0 Å². The molecule has 2 aromatic carbocycles. The summed E-state index contributed by atoms with van der Waals surface area (Å²) in [5.41, 5.74) is 7.93. The molecule has 1 aromatic heterocycles. The van der Waals surface area contributed by atoms with Crippen LogP contribution in [-0.4, -0.2) is 29.3 Å². The van der Waals surface area contributed by atoms with Gasteiger partial charge in [0.15, 0.2) is 11.6 Å². The average molecular weight is 452 g/mol. The van der Waals surface area contributed by atoms with E-state index in [1.807, 2.05) is 31.7 Å². The van der Waals surface area contributed by atoms with E-state index in [9.17, 15) is 9.18 Å². The minimum Gasteiger partial charge on any atom is -0.394 e. The number of hydrogen-bond acceptors (Lipinski definition) is 8. The predicted molar refractivity (Wildman–Crippen MR) is 132 cm³/mol. The van der Waals surface area contributed by atoms with Gasteiger partial charge >= 0.3 is 0 Å². The highest BCUT2D eigenvalue weighted by atomic mass is 19.1. The van der Waals surface area contributed by atoms with Crippen LogP contribution >= 0.6 is 0 Å². The van der Waals surface area contributed by atoms with Gasteiger partial charge in [-0.05, 0) is 37.3 Å². The molecule has 9 heteroatoms. The van der Waals surface area contributed by atoms with E-state index in [0.717, 1.165) is 5.69 Å². The molecule has 8 nitrogen and oxygen atoms in total. The van der Waals surface area contributed by atoms with Crippen LogP contribution in [0.5, 0.6) is 0 Å². The summed E-state index contributed by atoms with van der Waals surface area (Å²) in [5.74, 6) is 6.18. The van der Waals surface area contributed by atoms with E-state index in [1.54, 1.807) is 43.6 Å². The molecule has 33 heavy (non-hydrogen) atoms. The van der Waals surface area contributed by atoms with Gasteiger partial charge in [-0.15, -0.1) is 0 Å². The fraction of sp³-hybridized carbons (Fsp3) is 0.208. The predicted octanol–water partition coefficient (Wildman–Crippen LogP) is 4.31. The first-order valence-electron chi connectivity index (χ1n) is 10.6. The Labute approximate surface area is 193 Å². The zero-order valence-electron chi connectivity index (χ0n) is 19.3. The van der Waals surface area contributed by atoms with Crippen LogP contribution in [0.3, 0.4) is 0 Å². The maximum Gasteiger partial charge on any atom is 0.232 e. The first-order chi connectivity index (χ1) is 15.9. The van der Waals surface area contributed by atoms with Crippen LogP contribution in [0.15, 0.2) is 67.0 Å². The van der Waals surface area contributed by atoms with Crippen LogP contribution in [0.4, 0.5) is 33.2 Å². The van der Waals surface area contributed by atoms with Gasteiger partial charge in [0.05, 0.1) is 17.6 Å². The molecule has 0 fully saturated rings. The minimum atomic E-state index is -0.426. The number of nitrogens with two attached hydrogens (primary N) is 2. The Morgan fingerprint density at radius 1 is 1.15 bits per heavy atom. The molecule has 0 unspecified atom stereocenters. The number of carbonyl (C=O) groups excluding carboxylic acids is 1. The highest BCUT2D eigenvalue weighted by molar-refractivity contribution is 6.05. The van der Waals surface area contributed by atoms with Gasteiger partial charge in [-0.1, -0.05) is 32.0 Å². The third kappa shape index (κ3) is 6.27. The Bertz CT molecular complexity index is 1100. The summed E-state index contributed by atoms with van der Waals surface area (Å²) in [6.45, 7) is 6.46. The van der Waals surface area contributed by atoms with E-state index in [2.05, 4.69) is 15.3 Å². The lowest BCUT2D eigenvalue weighted by atomic mass is 10.1. The van der Waals surface area contributed by atoms with E-state index >= 15 is 0 Å². The Hall–Kier alpha value is -3.98. The van der Waals surface area contributed by atoms with Crippen molar-refractivity contribution in [2.75, 3.05) is 29.2 Å². The quantitative estimate of drug-likeness (QED) is 0.201. The Morgan fingerprint density at radius 3 is 2.52 bits per heavy atom. The Kier molecular flexibility index (Phi) is 9.31. The van der Waals surface area contributed by atoms with Crippen LogP contribution < -0.4 is 26.8 Å². The maximum atomic E-state index is 13.6. The molecule has 0 aliphatic rings. The van der Waals surface area contributed by atoms with Gasteiger partial charge in [-0.25, -0.2) is 15.2 Å². The topological polar surface area (TPSA) is 113 Å². The summed E-state index contributed by atoms with van der Waals surface area (Å²) in [4.78, 5) is 23.0. The van der Waals surface area contributed by atoms with Crippen LogP contribution in [0.25, 0.3) is 0 Å². The second-order valence-corrected chi connectivity index (χ2v) is 6.58. The van der Waals surface area contributed by atoms with E-state index in [-0.39, 0.29) is 17.3 Å². The highest BCUT2D eigenvalue weighted by Crippen LogP contribution is 2.30. The first kappa shape index (κ1) is 25.3. The van der Waals surface area contributed by atoms with Gasteiger partial charge in [0, 0.05) is 37.1 Å². The molecule has 0 spiro atoms. The molecule has 0 bridgehead atoms. The smallest absolute Gasteiger partial charge is 0.232 e. The summed E-state index contributed by atoms with van der Waals surface area (Å²) in [6.07, 6.45) is 4.48. The minimum absolute atomic E-state index is 0.134. The second-order valence-electron chi connectivity index (χ2n) is 6.58. The lowest BCUT2D eigenvalue weighted by Crippen LogP contribution is -2.28. The van der Waals surface area contributed by atoms with Gasteiger partial charge in [0.2, 0.25) is 5.95 Å². The molecule has 3 aromatic rings. The number of nitrogens with one attached hydrogen (secondary N) is 1. The fourth-order valence-corrected chi connectivity index (χ4v) is 2.97. The van der Waals surface area contributed by atoms with Crippen molar-refractivity contribution in [1.82, 2.24) is 15.3 Å². The van der Waals surface area contributed by atoms with Crippen molar-refractivity contribution in [2.45, 2.75) is 20.8 Å². The molecular weight excluding hydrogens is 421 g/mol. The van der Waals surface area contributed by atoms with Crippen molar-refractivity contribution in [3.05, 3.63) is 78.4 Å². The monoisotopic (exact) mass is 451 g/mol. The number of hydrazine groups is 1. The fourth-order valence-electron chi connectivity index (χ4n) is 2.97. The third-order valence-electron chi connectivity index (χ3n) is 4.50. The van der Waals surface area contributed by atoms with Crippen molar-refractivity contribution < 1.29 is 9.18 Å².